The number of anilines is 1. The van der Waals surface area contributed by atoms with E-state index in [1.807, 2.05) is 52.0 Å². The van der Waals surface area contributed by atoms with Crippen molar-refractivity contribution in [3.05, 3.63) is 88.7 Å². The first kappa shape index (κ1) is 58.2. The van der Waals surface area contributed by atoms with Gasteiger partial charge < -0.3 is 59.8 Å². The van der Waals surface area contributed by atoms with E-state index >= 15 is 8.78 Å². The van der Waals surface area contributed by atoms with Crippen LogP contribution in [0.3, 0.4) is 0 Å². The normalized spacial score (nSPS) is 19.9. The summed E-state index contributed by atoms with van der Waals surface area (Å²) in [5.74, 6) is 0.00197. The number of piperazine rings is 1. The molecule has 5 N–H and O–H groups in total. The molecule has 3 aromatic carbocycles. The molecular formula is C60H70F2N10O9S. The minimum absolute atomic E-state index is 0.00319. The van der Waals surface area contributed by atoms with Crippen molar-refractivity contribution >= 4 is 56.6 Å². The van der Waals surface area contributed by atoms with Gasteiger partial charge in [0.15, 0.2) is 5.82 Å². The molecule has 0 saturated carbocycles. The van der Waals surface area contributed by atoms with Crippen molar-refractivity contribution in [2.45, 2.75) is 103 Å². The third kappa shape index (κ3) is 13.4. The number of hydrogen-bond donors (Lipinski definition) is 5. The number of carbonyl (C=O) groups excluding carboxylic acids is 3. The summed E-state index contributed by atoms with van der Waals surface area (Å²) >= 11 is 1.57. The first-order chi connectivity index (χ1) is 39.5. The Labute approximate surface area is 479 Å². The standard InChI is InChI=1S/C60H70F2N10O9S/c1-6-44-47(61)14-11-38-25-41(73)26-45(50(38)44)52-51(62)53-46(29-63-52)56(71-30-39-12-13-40(31-71)66-39)69-59(68-53)81-43-15-17-70(18-16-43)19-20-78-21-22-79-23-24-80-33-49(75)67-55(60(3,4)5)58(77)72-32-42(74)27-48(72)57(76)64-28-36-7-9-37(10-8-36)54-35(2)65-34-82-54/h1,7-11,14,25-26,29,34,39-40,42-43,48,55,66,73-74H,12-13,15-24,27-28,30-33H2,2-5H3,(H,64,76)(H,67,75)/t39?,40?,42-,48+,55-/m1/s1. The van der Waals surface area contributed by atoms with Crippen molar-refractivity contribution in [1.82, 2.24) is 45.7 Å². The second-order valence-corrected chi connectivity index (χ2v) is 23.4. The molecule has 82 heavy (non-hydrogen) atoms. The van der Waals surface area contributed by atoms with Crippen LogP contribution in [0.2, 0.25) is 0 Å². The Morgan fingerprint density at radius 1 is 0.927 bits per heavy atom. The number of nitrogens with zero attached hydrogens (tertiary/aromatic N) is 7. The minimum atomic E-state index is -0.988. The molecule has 0 radical (unpaired) electrons. The largest absolute Gasteiger partial charge is 0.508 e. The van der Waals surface area contributed by atoms with Crippen LogP contribution in [0.15, 0.2) is 60.2 Å². The van der Waals surface area contributed by atoms with Gasteiger partial charge in [0.1, 0.15) is 53.4 Å². The van der Waals surface area contributed by atoms with Gasteiger partial charge in [0.2, 0.25) is 17.7 Å². The molecule has 4 fully saturated rings. The Hall–Kier alpha value is -6.97. The van der Waals surface area contributed by atoms with Gasteiger partial charge in [-0.25, -0.2) is 13.8 Å². The predicted octanol–water partition coefficient (Wildman–Crippen LogP) is 5.88. The number of β-amino-alcohol motifs (C(OH)–C–C–N with tert-alkyl or cyclic N) is 1. The molecule has 22 heteroatoms. The average molecular weight is 1150 g/mol. The van der Waals surface area contributed by atoms with Gasteiger partial charge in [0.25, 0.3) is 0 Å². The number of nitrogens with one attached hydrogen (secondary N) is 3. The number of ether oxygens (including phenoxy) is 4. The number of aryl methyl sites for hydroxylation is 1. The van der Waals surface area contributed by atoms with E-state index in [1.54, 1.807) is 16.8 Å². The van der Waals surface area contributed by atoms with Crippen molar-refractivity contribution in [2.24, 2.45) is 5.41 Å². The predicted molar refractivity (Wildman–Crippen MR) is 306 cm³/mol. The summed E-state index contributed by atoms with van der Waals surface area (Å²) in [7, 11) is 0. The highest BCUT2D eigenvalue weighted by atomic mass is 32.1. The number of rotatable bonds is 21. The van der Waals surface area contributed by atoms with Crippen molar-refractivity contribution in [1.29, 1.82) is 0 Å². The van der Waals surface area contributed by atoms with Crippen LogP contribution in [0.4, 0.5) is 14.6 Å². The lowest BCUT2D eigenvalue weighted by atomic mass is 9.85. The van der Waals surface area contributed by atoms with Crippen LogP contribution in [0, 0.1) is 36.3 Å². The number of aliphatic hydroxyl groups excluding tert-OH is 1. The van der Waals surface area contributed by atoms with Crippen LogP contribution in [-0.4, -0.2) is 173 Å². The molecule has 10 rings (SSSR count). The molecule has 3 aromatic heterocycles. The summed E-state index contributed by atoms with van der Waals surface area (Å²) in [5, 5.41) is 31.7. The Balaban J connectivity index is 0.647. The first-order valence-corrected chi connectivity index (χ1v) is 28.9. The number of fused-ring (bicyclic) bond motifs is 4. The Morgan fingerprint density at radius 3 is 2.34 bits per heavy atom. The topological polar surface area (TPSA) is 226 Å². The molecule has 2 unspecified atom stereocenters. The van der Waals surface area contributed by atoms with E-state index in [4.69, 9.17) is 30.4 Å². The monoisotopic (exact) mass is 1140 g/mol. The van der Waals surface area contributed by atoms with Crippen LogP contribution in [-0.2, 0) is 35.1 Å². The number of thiazole rings is 1. The molecule has 6 aromatic rings. The van der Waals surface area contributed by atoms with E-state index in [2.05, 4.69) is 46.6 Å². The number of aromatic hydroxyl groups is 1. The number of benzene rings is 3. The second-order valence-electron chi connectivity index (χ2n) is 22.6. The van der Waals surface area contributed by atoms with E-state index < -0.39 is 47.1 Å². The van der Waals surface area contributed by atoms with Crippen molar-refractivity contribution < 1.29 is 52.3 Å². The zero-order valence-corrected chi connectivity index (χ0v) is 47.4. The number of terminal acetylenes is 1. The van der Waals surface area contributed by atoms with Crippen LogP contribution in [0.5, 0.6) is 11.8 Å². The number of likely N-dealkylation sites (tertiary alicyclic amines) is 2. The average Bonchev–Trinajstić information content (AvgIpc) is 2.10. The highest BCUT2D eigenvalue weighted by Gasteiger charge is 2.45. The highest BCUT2D eigenvalue weighted by Crippen LogP contribution is 2.40. The highest BCUT2D eigenvalue weighted by molar-refractivity contribution is 7.13. The second kappa shape index (κ2) is 25.7. The van der Waals surface area contributed by atoms with Gasteiger partial charge in [-0.2, -0.15) is 9.97 Å². The quantitative estimate of drug-likeness (QED) is 0.0419. The fraction of sp³-hybridized carbons (Fsp3) is 0.483. The lowest BCUT2D eigenvalue weighted by Crippen LogP contribution is -2.58. The van der Waals surface area contributed by atoms with Crippen molar-refractivity contribution in [2.75, 3.05) is 83.8 Å². The maximum Gasteiger partial charge on any atom is 0.319 e. The molecule has 3 amide bonds. The fourth-order valence-corrected chi connectivity index (χ4v) is 12.2. The molecule has 7 heterocycles. The molecule has 434 valence electrons. The number of piperidine rings is 1. The number of aliphatic hydroxyl groups is 1. The summed E-state index contributed by atoms with van der Waals surface area (Å²) in [6, 6.07) is 12.0. The van der Waals surface area contributed by atoms with Crippen LogP contribution in [0.25, 0.3) is 43.4 Å². The number of amides is 3. The lowest BCUT2D eigenvalue weighted by molar-refractivity contribution is -0.144. The maximum atomic E-state index is 17.1. The van der Waals surface area contributed by atoms with Gasteiger partial charge in [-0.05, 0) is 72.7 Å². The van der Waals surface area contributed by atoms with Crippen molar-refractivity contribution in [3.8, 4) is 45.8 Å². The van der Waals surface area contributed by atoms with Gasteiger partial charge in [-0.15, -0.1) is 17.8 Å². The molecule has 2 bridgehead atoms. The van der Waals surface area contributed by atoms with E-state index in [0.29, 0.717) is 68.9 Å². The number of aromatic nitrogens is 4. The molecule has 5 atom stereocenters. The smallest absolute Gasteiger partial charge is 0.319 e. The summed E-state index contributed by atoms with van der Waals surface area (Å²) in [6.45, 7) is 12.3. The van der Waals surface area contributed by atoms with Gasteiger partial charge >= 0.3 is 6.01 Å². The summed E-state index contributed by atoms with van der Waals surface area (Å²) in [5.41, 5.74) is 3.89. The summed E-state index contributed by atoms with van der Waals surface area (Å²) in [6.07, 6.45) is 9.64. The summed E-state index contributed by atoms with van der Waals surface area (Å²) in [4.78, 5) is 65.9. The van der Waals surface area contributed by atoms with Crippen LogP contribution in [0.1, 0.15) is 69.7 Å². The van der Waals surface area contributed by atoms with Gasteiger partial charge in [0.05, 0.1) is 66.2 Å². The Bertz CT molecular complexity index is 3320. The lowest BCUT2D eigenvalue weighted by Gasteiger charge is -2.35. The third-order valence-corrected chi connectivity index (χ3v) is 16.6. The van der Waals surface area contributed by atoms with Gasteiger partial charge in [0, 0.05) is 81.5 Å². The molecule has 4 saturated heterocycles. The van der Waals surface area contributed by atoms with E-state index in [0.717, 1.165) is 47.6 Å². The summed E-state index contributed by atoms with van der Waals surface area (Å²) < 4.78 is 55.7. The van der Waals surface area contributed by atoms with E-state index in [1.165, 1.54) is 35.4 Å². The number of phenols is 1. The Kier molecular flexibility index (Phi) is 18.2. The zero-order chi connectivity index (χ0) is 57.7. The maximum absolute atomic E-state index is 17.1. The molecule has 19 nitrogen and oxygen atoms in total. The SMILES string of the molecule is C#Cc1c(F)ccc2cc(O)cc(-c3ncc4c(N5CC6CCC(C5)N6)nc(OC5CCN(CCOCCOCCOCC(=O)N[C@H](C(=O)N6C[C@H](O)C[C@H]6C(=O)NCc6ccc(-c7scnc7C)cc6)C(C)(C)C)CC5)nc4c3F)c12. The van der Waals surface area contributed by atoms with Crippen LogP contribution >= 0.6 is 11.3 Å². The van der Waals surface area contributed by atoms with Crippen molar-refractivity contribution in [3.63, 3.8) is 0 Å². The van der Waals surface area contributed by atoms with Gasteiger partial charge in [-0.1, -0.05) is 57.0 Å². The molecular weight excluding hydrogens is 1070 g/mol. The fourth-order valence-electron chi connectivity index (χ4n) is 11.4. The number of phenolic OH excluding ortho intramolecular Hbond substituents is 1. The number of carbonyl (C=O) groups is 3. The molecule has 0 aliphatic carbocycles. The number of halogens is 2. The first-order valence-electron chi connectivity index (χ1n) is 28.0. The van der Waals surface area contributed by atoms with E-state index in [-0.39, 0.29) is 103 Å². The molecule has 4 aliphatic heterocycles. The zero-order valence-electron chi connectivity index (χ0n) is 46.6. The van der Waals surface area contributed by atoms with E-state index in [9.17, 15) is 24.6 Å². The third-order valence-electron chi connectivity index (χ3n) is 15.7. The number of hydrogen-bond acceptors (Lipinski definition) is 17. The number of pyridine rings is 1. The molecule has 0 spiro atoms. The minimum Gasteiger partial charge on any atom is -0.508 e. The molecule has 4 aliphatic rings. The van der Waals surface area contributed by atoms with Gasteiger partial charge in [-0.3, -0.25) is 19.4 Å². The Morgan fingerprint density at radius 2 is 1.65 bits per heavy atom. The van der Waals surface area contributed by atoms with Crippen LogP contribution < -0.4 is 25.6 Å².